The molecule has 3 aromatic rings. The first kappa shape index (κ1) is 21.6. The van der Waals surface area contributed by atoms with Crippen LogP contribution in [0.25, 0.3) is 16.6 Å². The van der Waals surface area contributed by atoms with Crippen LogP contribution in [0.3, 0.4) is 0 Å². The van der Waals surface area contributed by atoms with Crippen LogP contribution in [-0.2, 0) is 11.3 Å². The van der Waals surface area contributed by atoms with Gasteiger partial charge < -0.3 is 14.3 Å². The van der Waals surface area contributed by atoms with E-state index in [-0.39, 0.29) is 11.5 Å². The monoisotopic (exact) mass is 422 g/mol. The zero-order chi connectivity index (χ0) is 21.8. The lowest BCUT2D eigenvalue weighted by molar-refractivity contribution is -0.121. The van der Waals surface area contributed by atoms with E-state index in [0.717, 1.165) is 24.0 Å². The molecule has 1 aromatic carbocycles. The molecule has 2 unspecified atom stereocenters. The molecular weight excluding hydrogens is 388 g/mol. The second-order valence-corrected chi connectivity index (χ2v) is 8.88. The number of rotatable bonds is 8. The summed E-state index contributed by atoms with van der Waals surface area (Å²) in [6.45, 7) is 6.92. The zero-order valence-corrected chi connectivity index (χ0v) is 18.7. The molecule has 0 bridgehead atoms. The quantitative estimate of drug-likeness (QED) is 0.562. The maximum Gasteiger partial charge on any atom is 0.275 e. The number of fused-ring (bicyclic) bond motifs is 3. The van der Waals surface area contributed by atoms with Crippen molar-refractivity contribution in [3.63, 3.8) is 0 Å². The molecule has 0 spiro atoms. The number of likely N-dealkylation sites (tertiary alicyclic amines) is 1. The average Bonchev–Trinajstić information content (AvgIpc) is 3.26. The van der Waals surface area contributed by atoms with Crippen molar-refractivity contribution in [2.45, 2.75) is 71.0 Å². The first-order valence-electron chi connectivity index (χ1n) is 11.7. The number of piperidine rings is 1. The molecule has 3 heterocycles. The van der Waals surface area contributed by atoms with Crippen molar-refractivity contribution < 1.29 is 4.79 Å². The summed E-state index contributed by atoms with van der Waals surface area (Å²) < 4.78 is 3.74. The minimum Gasteiger partial charge on any atom is -0.356 e. The van der Waals surface area contributed by atoms with Gasteiger partial charge in [-0.1, -0.05) is 18.6 Å². The van der Waals surface area contributed by atoms with E-state index < -0.39 is 0 Å². The van der Waals surface area contributed by atoms with Crippen molar-refractivity contribution in [2.75, 3.05) is 13.1 Å². The summed E-state index contributed by atoms with van der Waals surface area (Å²) in [5, 5.41) is 3.06. The highest BCUT2D eigenvalue weighted by Crippen LogP contribution is 2.22. The first-order chi connectivity index (χ1) is 15.1. The minimum absolute atomic E-state index is 0.00567. The molecule has 1 fully saturated rings. The number of benzene rings is 1. The number of para-hydroxylation sites is 2. The molecule has 1 saturated heterocycles. The number of nitrogens with zero attached hydrogens (tertiary/aromatic N) is 3. The second-order valence-electron chi connectivity index (χ2n) is 8.88. The fourth-order valence-electron chi connectivity index (χ4n) is 5.02. The maximum atomic E-state index is 12.9. The van der Waals surface area contributed by atoms with Gasteiger partial charge in [-0.25, -0.2) is 0 Å². The smallest absolute Gasteiger partial charge is 0.275 e. The number of carbonyl (C=O) groups is 1. The van der Waals surface area contributed by atoms with Crippen molar-refractivity contribution in [3.05, 3.63) is 52.9 Å². The Labute approximate surface area is 183 Å². The lowest BCUT2D eigenvalue weighted by Gasteiger charge is -2.39. The van der Waals surface area contributed by atoms with Gasteiger partial charge >= 0.3 is 0 Å². The number of aryl methyl sites for hydroxylation is 1. The molecule has 6 nitrogen and oxygen atoms in total. The van der Waals surface area contributed by atoms with Crippen LogP contribution < -0.4 is 10.9 Å². The molecule has 1 amide bonds. The Balaban J connectivity index is 1.28. The Bertz CT molecular complexity index is 1090. The SMILES string of the molecule is CC1CCCC(C)N1CCCNC(=O)CCCn1c(=O)c2cccn2c2ccccc21. The van der Waals surface area contributed by atoms with Crippen LogP contribution in [0.4, 0.5) is 0 Å². The summed E-state index contributed by atoms with van der Waals surface area (Å²) in [5.74, 6) is 0.0702. The highest BCUT2D eigenvalue weighted by Gasteiger charge is 2.23. The summed E-state index contributed by atoms with van der Waals surface area (Å²) in [4.78, 5) is 27.8. The van der Waals surface area contributed by atoms with Gasteiger partial charge in [-0.3, -0.25) is 14.5 Å². The van der Waals surface area contributed by atoms with Crippen molar-refractivity contribution in [2.24, 2.45) is 0 Å². The van der Waals surface area contributed by atoms with Gasteiger partial charge in [0.15, 0.2) is 0 Å². The van der Waals surface area contributed by atoms with Gasteiger partial charge in [0.25, 0.3) is 5.56 Å². The zero-order valence-electron chi connectivity index (χ0n) is 18.7. The van der Waals surface area contributed by atoms with Gasteiger partial charge in [0.1, 0.15) is 5.52 Å². The summed E-state index contributed by atoms with van der Waals surface area (Å²) in [5.41, 5.74) is 2.58. The number of hydrogen-bond acceptors (Lipinski definition) is 3. The minimum atomic E-state index is -0.00567. The van der Waals surface area contributed by atoms with E-state index in [2.05, 4.69) is 24.1 Å². The molecule has 1 N–H and O–H groups in total. The Morgan fingerprint density at radius 2 is 1.68 bits per heavy atom. The molecule has 1 aliphatic rings. The van der Waals surface area contributed by atoms with Crippen LogP contribution in [0.2, 0.25) is 0 Å². The van der Waals surface area contributed by atoms with Gasteiger partial charge in [0.2, 0.25) is 5.91 Å². The Kier molecular flexibility index (Phi) is 6.76. The van der Waals surface area contributed by atoms with E-state index >= 15 is 0 Å². The fraction of sp³-hybridized carbons (Fsp3) is 0.520. The van der Waals surface area contributed by atoms with Gasteiger partial charge in [-0.2, -0.15) is 0 Å². The fourth-order valence-corrected chi connectivity index (χ4v) is 5.02. The highest BCUT2D eigenvalue weighted by atomic mass is 16.1. The lowest BCUT2D eigenvalue weighted by Crippen LogP contribution is -2.44. The normalized spacial score (nSPS) is 19.8. The molecule has 0 radical (unpaired) electrons. The van der Waals surface area contributed by atoms with E-state index in [0.29, 0.717) is 43.5 Å². The molecule has 31 heavy (non-hydrogen) atoms. The molecule has 0 aliphatic carbocycles. The predicted octanol–water partition coefficient (Wildman–Crippen LogP) is 3.80. The van der Waals surface area contributed by atoms with E-state index in [9.17, 15) is 9.59 Å². The Morgan fingerprint density at radius 3 is 2.45 bits per heavy atom. The second kappa shape index (κ2) is 9.69. The van der Waals surface area contributed by atoms with E-state index in [1.165, 1.54) is 19.3 Å². The van der Waals surface area contributed by atoms with Crippen LogP contribution in [-0.4, -0.2) is 44.9 Å². The van der Waals surface area contributed by atoms with Crippen molar-refractivity contribution in [1.29, 1.82) is 0 Å². The third-order valence-corrected chi connectivity index (χ3v) is 6.72. The largest absolute Gasteiger partial charge is 0.356 e. The van der Waals surface area contributed by atoms with Crippen molar-refractivity contribution in [1.82, 2.24) is 19.2 Å². The van der Waals surface area contributed by atoms with Crippen molar-refractivity contribution in [3.8, 4) is 0 Å². The molecule has 1 aliphatic heterocycles. The van der Waals surface area contributed by atoms with E-state index in [4.69, 9.17) is 0 Å². The molecular formula is C25H34N4O2. The highest BCUT2D eigenvalue weighted by molar-refractivity contribution is 5.79. The summed E-state index contributed by atoms with van der Waals surface area (Å²) in [7, 11) is 0. The predicted molar refractivity (Wildman–Crippen MR) is 126 cm³/mol. The maximum absolute atomic E-state index is 12.9. The molecule has 0 saturated carbocycles. The number of nitrogens with one attached hydrogen (secondary N) is 1. The van der Waals surface area contributed by atoms with Crippen LogP contribution >= 0.6 is 0 Å². The van der Waals surface area contributed by atoms with Crippen LogP contribution in [0.15, 0.2) is 47.4 Å². The number of hydrogen-bond donors (Lipinski definition) is 1. The summed E-state index contributed by atoms with van der Waals surface area (Å²) >= 11 is 0. The van der Waals surface area contributed by atoms with Crippen molar-refractivity contribution >= 4 is 22.5 Å². The summed E-state index contributed by atoms with van der Waals surface area (Å²) in [6, 6.07) is 13.0. The first-order valence-corrected chi connectivity index (χ1v) is 11.7. The van der Waals surface area contributed by atoms with E-state index in [1.54, 1.807) is 4.57 Å². The molecule has 6 heteroatoms. The standard InChI is InChI=1S/C25H34N4O2/c1-19-9-5-10-20(2)27(19)18-8-15-26-24(30)14-7-17-29-22-12-4-3-11-21(22)28-16-6-13-23(28)25(29)31/h3-4,6,11-13,16,19-20H,5,7-10,14-15,17-18H2,1-2H3,(H,26,30). The number of amides is 1. The van der Waals surface area contributed by atoms with Crippen LogP contribution in [0.1, 0.15) is 52.4 Å². The Hall–Kier alpha value is -2.60. The Morgan fingerprint density at radius 1 is 0.968 bits per heavy atom. The van der Waals surface area contributed by atoms with Gasteiger partial charge in [-0.05, 0) is 63.8 Å². The third kappa shape index (κ3) is 4.69. The number of carbonyl (C=O) groups excluding carboxylic acids is 1. The van der Waals surface area contributed by atoms with Gasteiger partial charge in [0.05, 0.1) is 11.0 Å². The van der Waals surface area contributed by atoms with Crippen LogP contribution in [0.5, 0.6) is 0 Å². The molecule has 2 atom stereocenters. The third-order valence-electron chi connectivity index (χ3n) is 6.72. The topological polar surface area (TPSA) is 58.8 Å². The molecule has 2 aromatic heterocycles. The van der Waals surface area contributed by atoms with Gasteiger partial charge in [0, 0.05) is 44.3 Å². The average molecular weight is 423 g/mol. The molecule has 166 valence electrons. The lowest BCUT2D eigenvalue weighted by atomic mass is 9.97. The van der Waals surface area contributed by atoms with Crippen LogP contribution in [0, 0.1) is 0 Å². The van der Waals surface area contributed by atoms with E-state index in [1.807, 2.05) is 47.0 Å². The number of aromatic nitrogens is 2. The van der Waals surface area contributed by atoms with Gasteiger partial charge in [-0.15, -0.1) is 0 Å². The molecule has 4 rings (SSSR count). The summed E-state index contributed by atoms with van der Waals surface area (Å²) in [6.07, 6.45) is 7.86.